The molecule has 13 heavy (non-hydrogen) atoms. The molecule has 0 fully saturated rings. The van der Waals surface area contributed by atoms with E-state index in [0.29, 0.717) is 11.3 Å². The van der Waals surface area contributed by atoms with Gasteiger partial charge >= 0.3 is 0 Å². The van der Waals surface area contributed by atoms with Crippen LogP contribution in [-0.2, 0) is 4.79 Å². The molecule has 0 aromatic rings. The largest absolute Gasteiger partial charge is 0.298 e. The Balaban J connectivity index is 3.02. The third kappa shape index (κ3) is 1.87. The molecular formula is C10H14N2O. The number of allylic oxidation sites excluding steroid dienone is 3. The third-order valence-electron chi connectivity index (χ3n) is 1.88. The lowest BCUT2D eigenvalue weighted by atomic mass is 10.1. The van der Waals surface area contributed by atoms with Gasteiger partial charge in [0.05, 0.1) is 5.70 Å². The zero-order valence-electron chi connectivity index (χ0n) is 8.24. The predicted molar refractivity (Wildman–Crippen MR) is 52.6 cm³/mol. The highest BCUT2D eigenvalue weighted by Crippen LogP contribution is 2.21. The summed E-state index contributed by atoms with van der Waals surface area (Å²) in [7, 11) is 3.81. The van der Waals surface area contributed by atoms with Gasteiger partial charge in [0.2, 0.25) is 0 Å². The van der Waals surface area contributed by atoms with Crippen LogP contribution in [0.1, 0.15) is 6.92 Å². The van der Waals surface area contributed by atoms with E-state index >= 15 is 0 Å². The first-order valence-electron chi connectivity index (χ1n) is 4.07. The van der Waals surface area contributed by atoms with Crippen molar-refractivity contribution in [2.24, 2.45) is 0 Å². The molecule has 0 aliphatic carbocycles. The molecule has 0 saturated carbocycles. The summed E-state index contributed by atoms with van der Waals surface area (Å²) in [5, 5.41) is 3.72. The Hall–Kier alpha value is -1.35. The van der Waals surface area contributed by atoms with Crippen LogP contribution in [0.2, 0.25) is 0 Å². The smallest absolute Gasteiger partial charge is 0.152 e. The van der Waals surface area contributed by atoms with Crippen LogP contribution < -0.4 is 0 Å². The second-order valence-electron chi connectivity index (χ2n) is 3.23. The van der Waals surface area contributed by atoms with Gasteiger partial charge in [-0.3, -0.25) is 9.80 Å². The average molecular weight is 178 g/mol. The first kappa shape index (κ1) is 9.74. The van der Waals surface area contributed by atoms with E-state index in [4.69, 9.17) is 0 Å². The normalized spacial score (nSPS) is 17.2. The summed E-state index contributed by atoms with van der Waals surface area (Å²) >= 11 is 0. The van der Waals surface area contributed by atoms with Gasteiger partial charge in [-0.15, -0.1) is 0 Å². The van der Waals surface area contributed by atoms with E-state index < -0.39 is 0 Å². The summed E-state index contributed by atoms with van der Waals surface area (Å²) in [5.41, 5.74) is 2.39. The minimum Gasteiger partial charge on any atom is -0.298 e. The van der Waals surface area contributed by atoms with E-state index in [0.717, 1.165) is 11.9 Å². The number of hydrazine groups is 1. The van der Waals surface area contributed by atoms with Crippen molar-refractivity contribution in [3.05, 3.63) is 35.7 Å². The standard InChI is InChI=1S/C10H14N2O/c1-8-5-10(7-13)9(2)12(6-8)11(3)4/h5-7H,2H2,1,3-4H3. The molecule has 0 spiro atoms. The van der Waals surface area contributed by atoms with Gasteiger partial charge in [-0.2, -0.15) is 0 Å². The summed E-state index contributed by atoms with van der Waals surface area (Å²) in [5.74, 6) is 0. The summed E-state index contributed by atoms with van der Waals surface area (Å²) in [6.07, 6.45) is 4.60. The first-order chi connectivity index (χ1) is 6.06. The van der Waals surface area contributed by atoms with E-state index in [9.17, 15) is 4.79 Å². The van der Waals surface area contributed by atoms with Gasteiger partial charge in [-0.1, -0.05) is 6.58 Å². The van der Waals surface area contributed by atoms with Crippen molar-refractivity contribution >= 4 is 6.29 Å². The second-order valence-corrected chi connectivity index (χ2v) is 3.23. The van der Waals surface area contributed by atoms with Crippen LogP contribution in [0.5, 0.6) is 0 Å². The lowest BCUT2D eigenvalue weighted by Crippen LogP contribution is -2.33. The van der Waals surface area contributed by atoms with Crippen LogP contribution in [-0.4, -0.2) is 30.4 Å². The fourth-order valence-corrected chi connectivity index (χ4v) is 1.23. The van der Waals surface area contributed by atoms with Crippen molar-refractivity contribution in [3.8, 4) is 0 Å². The van der Waals surface area contributed by atoms with Crippen LogP contribution in [0.15, 0.2) is 35.7 Å². The molecule has 0 aromatic carbocycles. The van der Waals surface area contributed by atoms with Crippen molar-refractivity contribution in [1.82, 2.24) is 10.0 Å². The molecule has 0 bridgehead atoms. The maximum absolute atomic E-state index is 10.7. The van der Waals surface area contributed by atoms with E-state index in [1.165, 1.54) is 0 Å². The van der Waals surface area contributed by atoms with Crippen LogP contribution in [0.25, 0.3) is 0 Å². The van der Waals surface area contributed by atoms with E-state index in [1.807, 2.05) is 43.3 Å². The predicted octanol–water partition coefficient (Wildman–Crippen LogP) is 1.32. The quantitative estimate of drug-likeness (QED) is 0.596. The number of rotatable bonds is 2. The molecular weight excluding hydrogens is 164 g/mol. The van der Waals surface area contributed by atoms with Gasteiger partial charge in [-0.05, 0) is 18.6 Å². The van der Waals surface area contributed by atoms with Crippen LogP contribution in [0.3, 0.4) is 0 Å². The van der Waals surface area contributed by atoms with Crippen LogP contribution in [0, 0.1) is 0 Å². The van der Waals surface area contributed by atoms with E-state index in [1.54, 1.807) is 0 Å². The Morgan fingerprint density at radius 1 is 1.54 bits per heavy atom. The van der Waals surface area contributed by atoms with Crippen LogP contribution >= 0.6 is 0 Å². The monoisotopic (exact) mass is 178 g/mol. The summed E-state index contributed by atoms with van der Waals surface area (Å²) in [6.45, 7) is 5.79. The topological polar surface area (TPSA) is 23.6 Å². The van der Waals surface area contributed by atoms with Gasteiger partial charge in [0.15, 0.2) is 6.29 Å². The molecule has 70 valence electrons. The fraction of sp³-hybridized carbons (Fsp3) is 0.300. The van der Waals surface area contributed by atoms with Crippen molar-refractivity contribution in [3.63, 3.8) is 0 Å². The van der Waals surface area contributed by atoms with Crippen molar-refractivity contribution in [2.75, 3.05) is 14.1 Å². The zero-order chi connectivity index (χ0) is 10.0. The molecule has 1 heterocycles. The molecule has 1 aliphatic heterocycles. The van der Waals surface area contributed by atoms with Crippen LogP contribution in [0.4, 0.5) is 0 Å². The maximum atomic E-state index is 10.7. The maximum Gasteiger partial charge on any atom is 0.152 e. The zero-order valence-corrected chi connectivity index (χ0v) is 8.24. The van der Waals surface area contributed by atoms with Gasteiger partial charge in [0.1, 0.15) is 0 Å². The van der Waals surface area contributed by atoms with E-state index in [-0.39, 0.29) is 0 Å². The van der Waals surface area contributed by atoms with Crippen molar-refractivity contribution < 1.29 is 4.79 Å². The Morgan fingerprint density at radius 2 is 2.15 bits per heavy atom. The Bertz CT molecular complexity index is 300. The molecule has 0 atom stereocenters. The summed E-state index contributed by atoms with van der Waals surface area (Å²) in [6, 6.07) is 0. The lowest BCUT2D eigenvalue weighted by molar-refractivity contribution is -0.105. The molecule has 1 rings (SSSR count). The number of carbonyl (C=O) groups is 1. The summed E-state index contributed by atoms with van der Waals surface area (Å²) in [4.78, 5) is 10.7. The molecule has 3 nitrogen and oxygen atoms in total. The molecule has 0 N–H and O–H groups in total. The van der Waals surface area contributed by atoms with Gasteiger partial charge < -0.3 is 0 Å². The minimum atomic E-state index is 0.633. The van der Waals surface area contributed by atoms with Crippen molar-refractivity contribution in [1.29, 1.82) is 0 Å². The van der Waals surface area contributed by atoms with Gasteiger partial charge in [0.25, 0.3) is 0 Å². The molecule has 3 heteroatoms. The average Bonchev–Trinajstić information content (AvgIpc) is 2.08. The Labute approximate surface area is 78.6 Å². The lowest BCUT2D eigenvalue weighted by Gasteiger charge is -2.32. The highest BCUT2D eigenvalue weighted by atomic mass is 16.1. The van der Waals surface area contributed by atoms with E-state index in [2.05, 4.69) is 6.58 Å². The molecule has 0 amide bonds. The molecule has 0 radical (unpaired) electrons. The summed E-state index contributed by atoms with van der Waals surface area (Å²) < 4.78 is 0. The number of hydrogen-bond acceptors (Lipinski definition) is 3. The molecule has 0 aromatic heterocycles. The van der Waals surface area contributed by atoms with Gasteiger partial charge in [0, 0.05) is 25.9 Å². The third-order valence-corrected chi connectivity index (χ3v) is 1.88. The molecule has 0 saturated heterocycles. The Kier molecular flexibility index (Phi) is 2.68. The highest BCUT2D eigenvalue weighted by Gasteiger charge is 2.15. The molecule has 0 unspecified atom stereocenters. The highest BCUT2D eigenvalue weighted by molar-refractivity contribution is 5.81. The van der Waals surface area contributed by atoms with Crippen molar-refractivity contribution in [2.45, 2.75) is 6.92 Å². The minimum absolute atomic E-state index is 0.633. The Morgan fingerprint density at radius 3 is 2.62 bits per heavy atom. The number of nitrogens with zero attached hydrogens (tertiary/aromatic N) is 2. The molecule has 1 aliphatic rings. The first-order valence-corrected chi connectivity index (χ1v) is 4.07. The SMILES string of the molecule is C=C1C(C=O)=CC(C)=CN1N(C)C. The van der Waals surface area contributed by atoms with Gasteiger partial charge in [-0.25, -0.2) is 5.01 Å². The number of hydrogen-bond donors (Lipinski definition) is 0. The fourth-order valence-electron chi connectivity index (χ4n) is 1.23. The second kappa shape index (κ2) is 3.58. The number of aldehydes is 1. The number of carbonyl (C=O) groups excluding carboxylic acids is 1.